The second-order valence-electron chi connectivity index (χ2n) is 4.73. The van der Waals surface area contributed by atoms with E-state index in [1.165, 1.54) is 11.8 Å². The predicted molar refractivity (Wildman–Crippen MR) is 80.5 cm³/mol. The molecule has 0 spiro atoms. The second-order valence-corrected chi connectivity index (χ2v) is 6.99. The van der Waals surface area contributed by atoms with Gasteiger partial charge in [-0.3, -0.25) is 14.9 Å². The molecule has 0 amide bonds. The lowest BCUT2D eigenvalue weighted by Crippen LogP contribution is -2.11. The molecule has 0 radical (unpaired) electrons. The van der Waals surface area contributed by atoms with Gasteiger partial charge < -0.3 is 5.11 Å². The van der Waals surface area contributed by atoms with E-state index < -0.39 is 5.97 Å². The lowest BCUT2D eigenvalue weighted by molar-refractivity contribution is -0.387. The molecule has 102 valence electrons. The Kier molecular flexibility index (Phi) is 4.34. The standard InChI is InChI=1S/C12H12INO4S/c13-8-1-2-10(9(5-8)14(17)18)19-7-12(3-4-12)6-11(15)16/h1-2,5H,3-4,6-7H2,(H,15,16). The van der Waals surface area contributed by atoms with Crippen molar-refractivity contribution in [3.63, 3.8) is 0 Å². The number of nitro benzene ring substituents is 1. The number of thioether (sulfide) groups is 1. The van der Waals surface area contributed by atoms with Gasteiger partial charge in [0.1, 0.15) is 0 Å². The molecular weight excluding hydrogens is 381 g/mol. The van der Waals surface area contributed by atoms with Crippen LogP contribution in [0, 0.1) is 19.1 Å². The molecule has 1 saturated carbocycles. The number of carbonyl (C=O) groups is 1. The van der Waals surface area contributed by atoms with Gasteiger partial charge >= 0.3 is 5.97 Å². The first-order chi connectivity index (χ1) is 8.92. The summed E-state index contributed by atoms with van der Waals surface area (Å²) in [6, 6.07) is 5.10. The van der Waals surface area contributed by atoms with Crippen LogP contribution in [0.25, 0.3) is 0 Å². The molecule has 0 unspecified atom stereocenters. The Hall–Kier alpha value is -0.830. The lowest BCUT2D eigenvalue weighted by Gasteiger charge is -2.11. The Morgan fingerprint density at radius 1 is 1.53 bits per heavy atom. The second kappa shape index (κ2) is 5.66. The van der Waals surface area contributed by atoms with Crippen LogP contribution in [0.15, 0.2) is 23.1 Å². The van der Waals surface area contributed by atoms with Crippen molar-refractivity contribution >= 4 is 46.0 Å². The van der Waals surface area contributed by atoms with Gasteiger partial charge in [0.2, 0.25) is 0 Å². The largest absolute Gasteiger partial charge is 0.481 e. The number of halogens is 1. The molecule has 1 N–H and O–H groups in total. The van der Waals surface area contributed by atoms with Gasteiger partial charge in [-0.05, 0) is 53.0 Å². The molecule has 7 heteroatoms. The Balaban J connectivity index is 2.08. The van der Waals surface area contributed by atoms with Gasteiger partial charge in [-0.1, -0.05) is 0 Å². The summed E-state index contributed by atoms with van der Waals surface area (Å²) in [7, 11) is 0. The van der Waals surface area contributed by atoms with E-state index in [-0.39, 0.29) is 22.4 Å². The molecule has 0 atom stereocenters. The van der Waals surface area contributed by atoms with E-state index in [0.717, 1.165) is 16.4 Å². The van der Waals surface area contributed by atoms with Crippen molar-refractivity contribution in [1.82, 2.24) is 0 Å². The monoisotopic (exact) mass is 393 g/mol. The van der Waals surface area contributed by atoms with Gasteiger partial charge in [0, 0.05) is 15.4 Å². The van der Waals surface area contributed by atoms with E-state index in [1.807, 2.05) is 28.7 Å². The molecule has 19 heavy (non-hydrogen) atoms. The minimum absolute atomic E-state index is 0.100. The zero-order valence-corrected chi connectivity index (χ0v) is 12.9. The maximum Gasteiger partial charge on any atom is 0.303 e. The van der Waals surface area contributed by atoms with Crippen molar-refractivity contribution in [2.24, 2.45) is 5.41 Å². The summed E-state index contributed by atoms with van der Waals surface area (Å²) in [6.45, 7) is 0. The average Bonchev–Trinajstić information content (AvgIpc) is 3.06. The van der Waals surface area contributed by atoms with Crippen molar-refractivity contribution in [1.29, 1.82) is 0 Å². The summed E-state index contributed by atoms with van der Waals surface area (Å²) in [6.07, 6.45) is 1.94. The van der Waals surface area contributed by atoms with Crippen molar-refractivity contribution in [2.45, 2.75) is 24.2 Å². The number of carboxylic acid groups (broad SMARTS) is 1. The van der Waals surface area contributed by atoms with Gasteiger partial charge in [0.15, 0.2) is 0 Å². The molecular formula is C12H12INO4S. The Bertz CT molecular complexity index is 530. The van der Waals surface area contributed by atoms with Gasteiger partial charge in [-0.2, -0.15) is 0 Å². The van der Waals surface area contributed by atoms with E-state index >= 15 is 0 Å². The van der Waals surface area contributed by atoms with Crippen LogP contribution in [-0.2, 0) is 4.79 Å². The van der Waals surface area contributed by atoms with Crippen LogP contribution in [-0.4, -0.2) is 21.8 Å². The number of carboxylic acids is 1. The number of rotatable bonds is 6. The Morgan fingerprint density at radius 2 is 2.21 bits per heavy atom. The fraction of sp³-hybridized carbons (Fsp3) is 0.417. The molecule has 0 aromatic heterocycles. The SMILES string of the molecule is O=C(O)CC1(CSc2ccc(I)cc2[N+](=O)[O-])CC1. The molecule has 0 aliphatic heterocycles. The van der Waals surface area contributed by atoms with Gasteiger partial charge in [-0.15, -0.1) is 11.8 Å². The zero-order chi connectivity index (χ0) is 14.0. The van der Waals surface area contributed by atoms with E-state index in [0.29, 0.717) is 10.6 Å². The summed E-state index contributed by atoms with van der Waals surface area (Å²) in [5.74, 6) is -0.170. The molecule has 1 aromatic carbocycles. The quantitative estimate of drug-likeness (QED) is 0.346. The molecule has 0 bridgehead atoms. The van der Waals surface area contributed by atoms with Gasteiger partial charge in [-0.25, -0.2) is 0 Å². The lowest BCUT2D eigenvalue weighted by atomic mass is 10.1. The summed E-state index contributed by atoms with van der Waals surface area (Å²) in [4.78, 5) is 22.0. The molecule has 0 saturated heterocycles. The third-order valence-corrected chi connectivity index (χ3v) is 5.22. The minimum atomic E-state index is -0.796. The average molecular weight is 393 g/mol. The fourth-order valence-electron chi connectivity index (χ4n) is 1.86. The molecule has 1 fully saturated rings. The summed E-state index contributed by atoms with van der Waals surface area (Å²) >= 11 is 3.42. The number of nitrogens with zero attached hydrogens (tertiary/aromatic N) is 1. The Labute approximate surface area is 128 Å². The van der Waals surface area contributed by atoms with Crippen LogP contribution in [0.1, 0.15) is 19.3 Å². The molecule has 1 aromatic rings. The number of aliphatic carboxylic acids is 1. The topological polar surface area (TPSA) is 80.4 Å². The highest BCUT2D eigenvalue weighted by atomic mass is 127. The first kappa shape index (κ1) is 14.6. The third-order valence-electron chi connectivity index (χ3n) is 3.13. The van der Waals surface area contributed by atoms with Crippen LogP contribution >= 0.6 is 34.4 Å². The molecule has 0 heterocycles. The minimum Gasteiger partial charge on any atom is -0.481 e. The highest BCUT2D eigenvalue weighted by molar-refractivity contribution is 14.1. The molecule has 1 aliphatic rings. The van der Waals surface area contributed by atoms with Gasteiger partial charge in [0.05, 0.1) is 16.2 Å². The zero-order valence-electron chi connectivity index (χ0n) is 9.97. The fourth-order valence-corrected chi connectivity index (χ4v) is 3.63. The Morgan fingerprint density at radius 3 is 2.74 bits per heavy atom. The van der Waals surface area contributed by atoms with E-state index in [4.69, 9.17) is 5.11 Å². The molecule has 1 aliphatic carbocycles. The normalized spacial score (nSPS) is 16.1. The predicted octanol–water partition coefficient (Wildman–Crippen LogP) is 3.55. The van der Waals surface area contributed by atoms with E-state index in [2.05, 4.69) is 0 Å². The summed E-state index contributed by atoms with van der Waals surface area (Å²) in [5.41, 5.74) is -0.0593. The van der Waals surface area contributed by atoms with E-state index in [1.54, 1.807) is 12.1 Å². The number of benzene rings is 1. The van der Waals surface area contributed by atoms with Crippen LogP contribution < -0.4 is 0 Å². The number of hydrogen-bond donors (Lipinski definition) is 1. The highest BCUT2D eigenvalue weighted by Gasteiger charge is 2.44. The molecule has 5 nitrogen and oxygen atoms in total. The summed E-state index contributed by atoms with van der Waals surface area (Å²) < 4.78 is 0.820. The number of nitro groups is 1. The van der Waals surface area contributed by atoms with Crippen molar-refractivity contribution in [2.75, 3.05) is 5.75 Å². The smallest absolute Gasteiger partial charge is 0.303 e. The highest BCUT2D eigenvalue weighted by Crippen LogP contribution is 2.52. The van der Waals surface area contributed by atoms with Crippen molar-refractivity contribution in [3.8, 4) is 0 Å². The van der Waals surface area contributed by atoms with E-state index in [9.17, 15) is 14.9 Å². The van der Waals surface area contributed by atoms with Crippen LogP contribution in [0.3, 0.4) is 0 Å². The van der Waals surface area contributed by atoms with Gasteiger partial charge in [0.25, 0.3) is 5.69 Å². The first-order valence-corrected chi connectivity index (χ1v) is 7.77. The van der Waals surface area contributed by atoms with Crippen LogP contribution in [0.5, 0.6) is 0 Å². The van der Waals surface area contributed by atoms with Crippen LogP contribution in [0.2, 0.25) is 0 Å². The summed E-state index contributed by atoms with van der Waals surface area (Å²) in [5, 5.41) is 19.8. The first-order valence-electron chi connectivity index (χ1n) is 5.70. The maximum absolute atomic E-state index is 11.0. The number of hydrogen-bond acceptors (Lipinski definition) is 4. The van der Waals surface area contributed by atoms with Crippen molar-refractivity contribution < 1.29 is 14.8 Å². The molecule has 2 rings (SSSR count). The van der Waals surface area contributed by atoms with Crippen LogP contribution in [0.4, 0.5) is 5.69 Å². The maximum atomic E-state index is 11.0. The van der Waals surface area contributed by atoms with Crippen molar-refractivity contribution in [3.05, 3.63) is 31.9 Å². The third kappa shape index (κ3) is 3.82.